The van der Waals surface area contributed by atoms with Gasteiger partial charge in [0.15, 0.2) is 0 Å². The van der Waals surface area contributed by atoms with Crippen LogP contribution in [0.2, 0.25) is 0 Å². The zero-order valence-corrected chi connectivity index (χ0v) is 11.1. The Bertz CT molecular complexity index is 224. The summed E-state index contributed by atoms with van der Waals surface area (Å²) in [6, 6.07) is -0.00578. The average Bonchev–Trinajstić information content (AvgIpc) is 2.12. The third-order valence-electron chi connectivity index (χ3n) is 3.86. The Labute approximate surface area is 99.3 Å². The van der Waals surface area contributed by atoms with Crippen LogP contribution in [0.5, 0.6) is 0 Å². The summed E-state index contributed by atoms with van der Waals surface area (Å²) in [4.78, 5) is 0. The maximum Gasteiger partial charge on any atom is 0.0774 e. The molecular weight excluding hydrogens is 202 g/mol. The summed E-state index contributed by atoms with van der Waals surface area (Å²) in [5, 5.41) is 23.5. The van der Waals surface area contributed by atoms with Crippen molar-refractivity contribution in [3.05, 3.63) is 0 Å². The minimum Gasteiger partial charge on any atom is -0.389 e. The number of nitrogens with one attached hydrogen (secondary N) is 1. The molecule has 0 heterocycles. The number of hydrogen-bond donors (Lipinski definition) is 3. The predicted octanol–water partition coefficient (Wildman–Crippen LogP) is 1.68. The highest BCUT2D eigenvalue weighted by Gasteiger charge is 2.33. The molecule has 3 atom stereocenters. The van der Waals surface area contributed by atoms with Crippen LogP contribution in [-0.2, 0) is 0 Å². The first-order valence-corrected chi connectivity index (χ1v) is 6.41. The molecule has 1 rings (SSSR count). The van der Waals surface area contributed by atoms with Gasteiger partial charge in [0, 0.05) is 12.6 Å². The quantitative estimate of drug-likeness (QED) is 0.687. The third kappa shape index (κ3) is 4.04. The van der Waals surface area contributed by atoms with Crippen molar-refractivity contribution in [2.45, 2.75) is 70.6 Å². The molecule has 0 aliphatic heterocycles. The van der Waals surface area contributed by atoms with Gasteiger partial charge in [-0.1, -0.05) is 19.8 Å². The highest BCUT2D eigenvalue weighted by molar-refractivity contribution is 4.90. The molecule has 3 N–H and O–H groups in total. The Hall–Kier alpha value is -0.120. The fourth-order valence-electron chi connectivity index (χ4n) is 2.39. The van der Waals surface area contributed by atoms with Gasteiger partial charge in [-0.3, -0.25) is 0 Å². The summed E-state index contributed by atoms with van der Waals surface area (Å²) < 4.78 is 0. The first-order valence-electron chi connectivity index (χ1n) is 6.41. The van der Waals surface area contributed by atoms with Crippen molar-refractivity contribution in [2.24, 2.45) is 5.92 Å². The second kappa shape index (κ2) is 5.03. The SMILES string of the molecule is CC1CCCC(O)(CNC(C)C(C)(C)O)C1. The molecule has 16 heavy (non-hydrogen) atoms. The van der Waals surface area contributed by atoms with E-state index in [1.807, 2.05) is 6.92 Å². The Morgan fingerprint density at radius 3 is 2.62 bits per heavy atom. The van der Waals surface area contributed by atoms with Crippen LogP contribution in [0.1, 0.15) is 53.4 Å². The molecule has 0 saturated heterocycles. The maximum absolute atomic E-state index is 10.4. The topological polar surface area (TPSA) is 52.5 Å². The van der Waals surface area contributed by atoms with Crippen molar-refractivity contribution in [2.75, 3.05) is 6.54 Å². The summed E-state index contributed by atoms with van der Waals surface area (Å²) in [6.45, 7) is 8.32. The van der Waals surface area contributed by atoms with Crippen LogP contribution in [0.15, 0.2) is 0 Å². The summed E-state index contributed by atoms with van der Waals surface area (Å²) in [5.74, 6) is 0.609. The van der Waals surface area contributed by atoms with Crippen LogP contribution in [0.25, 0.3) is 0 Å². The minimum absolute atomic E-state index is 0.00578. The molecule has 3 nitrogen and oxygen atoms in total. The smallest absolute Gasteiger partial charge is 0.0774 e. The molecule has 0 aromatic heterocycles. The Morgan fingerprint density at radius 1 is 1.50 bits per heavy atom. The molecule has 96 valence electrons. The lowest BCUT2D eigenvalue weighted by molar-refractivity contribution is -0.0242. The van der Waals surface area contributed by atoms with E-state index >= 15 is 0 Å². The maximum atomic E-state index is 10.4. The van der Waals surface area contributed by atoms with Crippen molar-refractivity contribution in [1.29, 1.82) is 0 Å². The fourth-order valence-corrected chi connectivity index (χ4v) is 2.39. The Morgan fingerprint density at radius 2 is 2.12 bits per heavy atom. The minimum atomic E-state index is -0.739. The zero-order chi connectivity index (χ0) is 12.4. The van der Waals surface area contributed by atoms with Crippen molar-refractivity contribution in [3.8, 4) is 0 Å². The van der Waals surface area contributed by atoms with Gasteiger partial charge >= 0.3 is 0 Å². The fraction of sp³-hybridized carbons (Fsp3) is 1.00. The highest BCUT2D eigenvalue weighted by Crippen LogP contribution is 2.31. The van der Waals surface area contributed by atoms with E-state index in [0.29, 0.717) is 12.5 Å². The second-order valence-electron chi connectivity index (χ2n) is 6.18. The van der Waals surface area contributed by atoms with Crippen molar-refractivity contribution in [1.82, 2.24) is 5.32 Å². The van der Waals surface area contributed by atoms with E-state index in [2.05, 4.69) is 12.2 Å². The van der Waals surface area contributed by atoms with E-state index in [1.54, 1.807) is 13.8 Å². The van der Waals surface area contributed by atoms with Crippen LogP contribution in [0, 0.1) is 5.92 Å². The zero-order valence-electron chi connectivity index (χ0n) is 11.1. The third-order valence-corrected chi connectivity index (χ3v) is 3.86. The van der Waals surface area contributed by atoms with Gasteiger partial charge in [0.25, 0.3) is 0 Å². The first-order chi connectivity index (χ1) is 7.23. The van der Waals surface area contributed by atoms with Gasteiger partial charge in [0.1, 0.15) is 0 Å². The highest BCUT2D eigenvalue weighted by atomic mass is 16.3. The molecule has 3 heteroatoms. The van der Waals surface area contributed by atoms with Gasteiger partial charge in [0.2, 0.25) is 0 Å². The summed E-state index contributed by atoms with van der Waals surface area (Å²) in [5.41, 5.74) is -1.31. The van der Waals surface area contributed by atoms with Gasteiger partial charge in [-0.2, -0.15) is 0 Å². The molecule has 1 fully saturated rings. The van der Waals surface area contributed by atoms with Crippen LogP contribution < -0.4 is 5.32 Å². The van der Waals surface area contributed by atoms with Crippen LogP contribution in [0.3, 0.4) is 0 Å². The molecule has 1 aliphatic rings. The summed E-state index contributed by atoms with van der Waals surface area (Å²) in [7, 11) is 0. The molecule has 0 aromatic carbocycles. The van der Waals surface area contributed by atoms with Crippen LogP contribution >= 0.6 is 0 Å². The molecule has 0 spiro atoms. The van der Waals surface area contributed by atoms with E-state index in [9.17, 15) is 10.2 Å². The summed E-state index contributed by atoms with van der Waals surface area (Å²) >= 11 is 0. The van der Waals surface area contributed by atoms with Gasteiger partial charge < -0.3 is 15.5 Å². The molecular formula is C13H27NO2. The lowest BCUT2D eigenvalue weighted by Gasteiger charge is -2.38. The Balaban J connectivity index is 2.41. The summed E-state index contributed by atoms with van der Waals surface area (Å²) in [6.07, 6.45) is 4.08. The molecule has 1 aliphatic carbocycles. The van der Waals surface area contributed by atoms with Gasteiger partial charge in [-0.05, 0) is 39.5 Å². The van der Waals surface area contributed by atoms with E-state index in [4.69, 9.17) is 0 Å². The lowest BCUT2D eigenvalue weighted by Crippen LogP contribution is -2.52. The van der Waals surface area contributed by atoms with Crippen molar-refractivity contribution in [3.63, 3.8) is 0 Å². The van der Waals surface area contributed by atoms with Crippen LogP contribution in [-0.4, -0.2) is 34.0 Å². The first kappa shape index (κ1) is 13.9. The monoisotopic (exact) mass is 229 g/mol. The molecule has 0 amide bonds. The van der Waals surface area contributed by atoms with E-state index < -0.39 is 11.2 Å². The number of rotatable bonds is 4. The molecule has 3 unspecified atom stereocenters. The van der Waals surface area contributed by atoms with E-state index in [1.165, 1.54) is 6.42 Å². The molecule has 0 bridgehead atoms. The Kier molecular flexibility index (Phi) is 4.38. The molecule has 0 aromatic rings. The predicted molar refractivity (Wildman–Crippen MR) is 66.3 cm³/mol. The molecule has 1 saturated carbocycles. The standard InChI is InChI=1S/C13H27NO2/c1-10-6-5-7-13(16,8-10)9-14-11(2)12(3,4)15/h10-11,14-16H,5-9H2,1-4H3. The van der Waals surface area contributed by atoms with E-state index in [0.717, 1.165) is 19.3 Å². The normalized spacial score (nSPS) is 33.8. The largest absolute Gasteiger partial charge is 0.389 e. The van der Waals surface area contributed by atoms with E-state index in [-0.39, 0.29) is 6.04 Å². The van der Waals surface area contributed by atoms with Gasteiger partial charge in [-0.25, -0.2) is 0 Å². The van der Waals surface area contributed by atoms with Crippen molar-refractivity contribution < 1.29 is 10.2 Å². The van der Waals surface area contributed by atoms with Gasteiger partial charge in [0.05, 0.1) is 11.2 Å². The van der Waals surface area contributed by atoms with Crippen LogP contribution in [0.4, 0.5) is 0 Å². The lowest BCUT2D eigenvalue weighted by atomic mass is 9.78. The average molecular weight is 229 g/mol. The second-order valence-corrected chi connectivity index (χ2v) is 6.18. The number of hydrogen-bond acceptors (Lipinski definition) is 3. The molecule has 0 radical (unpaired) electrons. The number of aliphatic hydroxyl groups is 2. The van der Waals surface area contributed by atoms with Crippen molar-refractivity contribution >= 4 is 0 Å². The van der Waals surface area contributed by atoms with Gasteiger partial charge in [-0.15, -0.1) is 0 Å².